The van der Waals surface area contributed by atoms with E-state index < -0.39 is 5.97 Å². The maximum absolute atomic E-state index is 12.5. The van der Waals surface area contributed by atoms with Crippen molar-refractivity contribution in [1.29, 1.82) is 0 Å². The van der Waals surface area contributed by atoms with Crippen LogP contribution < -0.4 is 5.32 Å². The summed E-state index contributed by atoms with van der Waals surface area (Å²) in [5.74, 6) is -0.542. The van der Waals surface area contributed by atoms with Crippen LogP contribution in [0.3, 0.4) is 0 Å². The molecule has 0 bridgehead atoms. The molecule has 2 aliphatic rings. The molecule has 8 heteroatoms. The molecule has 1 saturated heterocycles. The summed E-state index contributed by atoms with van der Waals surface area (Å²) in [6.45, 7) is 7.56. The molecule has 226 valence electrons. The van der Waals surface area contributed by atoms with Gasteiger partial charge in [0.2, 0.25) is 0 Å². The molecule has 7 nitrogen and oxygen atoms in total. The van der Waals surface area contributed by atoms with E-state index in [1.54, 1.807) is 12.1 Å². The highest BCUT2D eigenvalue weighted by molar-refractivity contribution is 6.30. The highest BCUT2D eigenvalue weighted by atomic mass is 35.5. The van der Waals surface area contributed by atoms with Crippen molar-refractivity contribution in [2.24, 2.45) is 16.3 Å². The molecule has 0 radical (unpaired) electrons. The van der Waals surface area contributed by atoms with Crippen molar-refractivity contribution in [2.45, 2.75) is 65.0 Å². The first-order valence-corrected chi connectivity index (χ1v) is 15.4. The van der Waals surface area contributed by atoms with Gasteiger partial charge < -0.3 is 20.1 Å². The second-order valence-electron chi connectivity index (χ2n) is 12.6. The molecule has 1 aliphatic carbocycles. The summed E-state index contributed by atoms with van der Waals surface area (Å²) in [7, 11) is 0. The molecule has 1 atom stereocenters. The number of carboxylic acids is 1. The van der Waals surface area contributed by atoms with Gasteiger partial charge in [0, 0.05) is 23.2 Å². The van der Waals surface area contributed by atoms with Crippen LogP contribution in [0.2, 0.25) is 5.02 Å². The molecule has 3 aromatic rings. The first-order valence-electron chi connectivity index (χ1n) is 15.0. The maximum atomic E-state index is 12.5. The van der Waals surface area contributed by atoms with Crippen molar-refractivity contribution in [1.82, 2.24) is 10.2 Å². The van der Waals surface area contributed by atoms with E-state index in [9.17, 15) is 9.59 Å². The Morgan fingerprint density at radius 1 is 0.977 bits per heavy atom. The van der Waals surface area contributed by atoms with E-state index in [0.717, 1.165) is 48.1 Å². The zero-order chi connectivity index (χ0) is 30.6. The van der Waals surface area contributed by atoms with Gasteiger partial charge in [0.25, 0.3) is 11.9 Å². The van der Waals surface area contributed by atoms with Crippen molar-refractivity contribution in [3.63, 3.8) is 0 Å². The van der Waals surface area contributed by atoms with Crippen molar-refractivity contribution in [2.75, 3.05) is 13.2 Å². The predicted molar refractivity (Wildman–Crippen MR) is 171 cm³/mol. The zero-order valence-electron chi connectivity index (χ0n) is 25.1. The Kier molecular flexibility index (Phi) is 9.40. The van der Waals surface area contributed by atoms with Crippen LogP contribution in [-0.2, 0) is 9.53 Å². The van der Waals surface area contributed by atoms with E-state index in [1.807, 2.05) is 48.5 Å². The first-order chi connectivity index (χ1) is 20.6. The fourth-order valence-electron chi connectivity index (χ4n) is 6.17. The van der Waals surface area contributed by atoms with Crippen LogP contribution in [-0.4, -0.2) is 47.1 Å². The van der Waals surface area contributed by atoms with Gasteiger partial charge in [-0.15, -0.1) is 0 Å². The summed E-state index contributed by atoms with van der Waals surface area (Å²) in [6.07, 6.45) is 4.34. The summed E-state index contributed by atoms with van der Waals surface area (Å²) in [6, 6.07) is 24.4. The average molecular weight is 602 g/mol. The van der Waals surface area contributed by atoms with Crippen LogP contribution in [0, 0.1) is 11.3 Å². The maximum Gasteiger partial charge on any atom is 0.305 e. The molecule has 43 heavy (non-hydrogen) atoms. The van der Waals surface area contributed by atoms with Gasteiger partial charge in [-0.1, -0.05) is 68.8 Å². The number of halogens is 1. The fraction of sp³-hybridized carbons (Fsp3) is 0.400. The van der Waals surface area contributed by atoms with Crippen LogP contribution in [0.15, 0.2) is 77.8 Å². The number of aliphatic imine (C=N–C) groups is 1. The molecule has 0 aromatic heterocycles. The lowest BCUT2D eigenvalue weighted by atomic mass is 9.71. The lowest BCUT2D eigenvalue weighted by Gasteiger charge is -2.41. The van der Waals surface area contributed by atoms with Gasteiger partial charge in [0.1, 0.15) is 6.61 Å². The lowest BCUT2D eigenvalue weighted by Crippen LogP contribution is -2.42. The van der Waals surface area contributed by atoms with Gasteiger partial charge in [-0.25, -0.2) is 0 Å². The highest BCUT2D eigenvalue weighted by Gasteiger charge is 2.40. The fourth-order valence-corrected chi connectivity index (χ4v) is 6.29. The third-order valence-electron chi connectivity index (χ3n) is 8.67. The highest BCUT2D eigenvalue weighted by Crippen LogP contribution is 2.42. The van der Waals surface area contributed by atoms with Crippen molar-refractivity contribution < 1.29 is 19.4 Å². The molecule has 2 N–H and O–H groups in total. The molecule has 0 spiro atoms. The monoisotopic (exact) mass is 601 g/mol. The topological polar surface area (TPSA) is 91.2 Å². The number of ether oxygens (including phenoxy) is 1. The van der Waals surface area contributed by atoms with Gasteiger partial charge in [-0.3, -0.25) is 9.59 Å². The smallest absolute Gasteiger partial charge is 0.305 e. The Morgan fingerprint density at radius 2 is 1.67 bits per heavy atom. The van der Waals surface area contributed by atoms with Crippen LogP contribution in [0.25, 0.3) is 11.1 Å². The van der Waals surface area contributed by atoms with E-state index in [1.165, 1.54) is 0 Å². The number of amidine groups is 1. The number of carbonyl (C=O) groups excluding carboxylic acids is 1. The zero-order valence-corrected chi connectivity index (χ0v) is 25.8. The molecule has 1 unspecified atom stereocenters. The Balaban J connectivity index is 1.40. The standard InChI is InChI=1S/C35H40ClN3O4/c1-35(2,3)27-13-17-30(18-14-27)39-31(24-7-9-25(10-8-24)33(42)37-20-19-32(40)41)22-43-34(39)38-29-6-4-5-26(21-29)23-11-15-28(36)16-12-23/h4-12,15-16,21,27,30-31H,13-14,17-20,22H2,1-3H3,(H,37,42)(H,40,41)/b38-34-. The number of rotatable bonds is 8. The van der Waals surface area contributed by atoms with E-state index in [0.29, 0.717) is 35.2 Å². The summed E-state index contributed by atoms with van der Waals surface area (Å²) < 4.78 is 6.32. The Morgan fingerprint density at radius 3 is 2.33 bits per heavy atom. The number of nitrogens with one attached hydrogen (secondary N) is 1. The predicted octanol–water partition coefficient (Wildman–Crippen LogP) is 7.88. The number of hydrogen-bond acceptors (Lipinski definition) is 4. The molecular weight excluding hydrogens is 562 g/mol. The Bertz CT molecular complexity index is 1460. The third kappa shape index (κ3) is 7.57. The quantitative estimate of drug-likeness (QED) is 0.274. The SMILES string of the molecule is CC(C)(C)C1CCC(N2/C(=N/c3cccc(-c4ccc(Cl)cc4)c3)OCC2c2ccc(C(=O)NCCC(=O)O)cc2)CC1. The number of aliphatic carboxylic acids is 1. The minimum atomic E-state index is -0.942. The largest absolute Gasteiger partial charge is 0.481 e. The van der Waals surface area contributed by atoms with Crippen molar-refractivity contribution >= 4 is 35.2 Å². The van der Waals surface area contributed by atoms with E-state index >= 15 is 0 Å². The van der Waals surface area contributed by atoms with Crippen LogP contribution in [0.5, 0.6) is 0 Å². The number of carboxylic acid groups (broad SMARTS) is 1. The molecule has 1 amide bonds. The molecule has 1 aliphatic heterocycles. The number of benzene rings is 3. The van der Waals surface area contributed by atoms with E-state index in [-0.39, 0.29) is 30.3 Å². The molecule has 1 heterocycles. The van der Waals surface area contributed by atoms with Gasteiger partial charge in [0.05, 0.1) is 18.2 Å². The van der Waals surface area contributed by atoms with E-state index in [4.69, 9.17) is 26.4 Å². The number of carbonyl (C=O) groups is 2. The van der Waals surface area contributed by atoms with Crippen LogP contribution in [0.4, 0.5) is 5.69 Å². The lowest BCUT2D eigenvalue weighted by molar-refractivity contribution is -0.136. The average Bonchev–Trinajstić information content (AvgIpc) is 3.40. The third-order valence-corrected chi connectivity index (χ3v) is 8.92. The summed E-state index contributed by atoms with van der Waals surface area (Å²) in [5.41, 5.74) is 4.79. The first kappa shape index (κ1) is 30.6. The van der Waals surface area contributed by atoms with Crippen molar-refractivity contribution in [3.8, 4) is 11.1 Å². The van der Waals surface area contributed by atoms with Crippen LogP contribution in [0.1, 0.15) is 74.8 Å². The minimum Gasteiger partial charge on any atom is -0.481 e. The number of amides is 1. The Labute approximate surface area is 258 Å². The summed E-state index contributed by atoms with van der Waals surface area (Å²) >= 11 is 6.10. The van der Waals surface area contributed by atoms with Gasteiger partial charge in [0.15, 0.2) is 0 Å². The molecule has 5 rings (SSSR count). The number of nitrogens with zero attached hydrogens (tertiary/aromatic N) is 2. The van der Waals surface area contributed by atoms with Crippen LogP contribution >= 0.6 is 11.6 Å². The normalized spacial score (nSPS) is 21.4. The Hall–Kier alpha value is -3.84. The second-order valence-corrected chi connectivity index (χ2v) is 13.0. The minimum absolute atomic E-state index is 0.0292. The molecule has 3 aromatic carbocycles. The van der Waals surface area contributed by atoms with Gasteiger partial charge in [-0.05, 0) is 90.1 Å². The number of hydrogen-bond donors (Lipinski definition) is 2. The summed E-state index contributed by atoms with van der Waals surface area (Å²) in [4.78, 5) is 30.7. The van der Waals surface area contributed by atoms with E-state index in [2.05, 4.69) is 43.1 Å². The molecular formula is C35H40ClN3O4. The van der Waals surface area contributed by atoms with Gasteiger partial charge in [-0.2, -0.15) is 4.99 Å². The molecule has 1 saturated carbocycles. The van der Waals surface area contributed by atoms with Gasteiger partial charge >= 0.3 is 5.97 Å². The summed E-state index contributed by atoms with van der Waals surface area (Å²) in [5, 5.41) is 12.2. The molecule has 2 fully saturated rings. The van der Waals surface area contributed by atoms with Crippen molar-refractivity contribution in [3.05, 3.63) is 88.9 Å². The second kappa shape index (κ2) is 13.2.